The van der Waals surface area contributed by atoms with Crippen LogP contribution in [0.3, 0.4) is 0 Å². The topological polar surface area (TPSA) is 57.2 Å². The van der Waals surface area contributed by atoms with E-state index in [1.165, 1.54) is 28.0 Å². The maximum atomic E-state index is 13.4. The van der Waals surface area contributed by atoms with Gasteiger partial charge in [-0.2, -0.15) is 0 Å². The molecule has 0 unspecified atom stereocenters. The van der Waals surface area contributed by atoms with Gasteiger partial charge in [-0.25, -0.2) is 0 Å². The standard InChI is InChI=1S/C26H22OP.C7H6O2/c27-26(22-13-5-1-6-14-22)21-28(23-15-7-2-8-16-23,24-17-9-3-10-18-24)25-19-11-4-12-20-25;8-7(9)6-4-2-1-3-5-6/h1-20H,21H2;1-5H,(H,8,9)/q+1;/p-1. The molecule has 0 fully saturated rings. The average Bonchev–Trinajstić information content (AvgIpc) is 2.98. The number of benzene rings is 5. The molecule has 0 atom stereocenters. The molecule has 4 heteroatoms. The van der Waals surface area contributed by atoms with E-state index in [4.69, 9.17) is 0 Å². The highest BCUT2D eigenvalue weighted by Crippen LogP contribution is 2.55. The van der Waals surface area contributed by atoms with Crippen molar-refractivity contribution in [2.75, 3.05) is 6.16 Å². The number of carbonyl (C=O) groups excluding carboxylic acids is 2. The minimum absolute atomic E-state index is 0.186. The number of hydrogen-bond acceptors (Lipinski definition) is 3. The third-order valence-corrected chi connectivity index (χ3v) is 10.4. The molecule has 0 bridgehead atoms. The normalized spacial score (nSPS) is 10.6. The van der Waals surface area contributed by atoms with Crippen molar-refractivity contribution >= 4 is 34.9 Å². The van der Waals surface area contributed by atoms with Gasteiger partial charge in [-0.1, -0.05) is 115 Å². The molecule has 5 rings (SSSR count). The fraction of sp³-hybridized carbons (Fsp3) is 0.0303. The van der Waals surface area contributed by atoms with Crippen LogP contribution < -0.4 is 21.0 Å². The Morgan fingerprint density at radius 3 is 1.05 bits per heavy atom. The van der Waals surface area contributed by atoms with E-state index in [1.54, 1.807) is 18.2 Å². The van der Waals surface area contributed by atoms with E-state index in [0.29, 0.717) is 6.16 Å². The number of carboxylic acid groups (broad SMARTS) is 1. The quantitative estimate of drug-likeness (QED) is 0.235. The second-order valence-corrected chi connectivity index (χ2v) is 11.9. The minimum atomic E-state index is -2.12. The van der Waals surface area contributed by atoms with Crippen LogP contribution in [-0.2, 0) is 0 Å². The molecule has 0 N–H and O–H groups in total. The predicted octanol–water partition coefficient (Wildman–Crippen LogP) is 4.91. The van der Waals surface area contributed by atoms with Gasteiger partial charge in [-0.3, -0.25) is 4.79 Å². The zero-order valence-electron chi connectivity index (χ0n) is 20.3. The second kappa shape index (κ2) is 12.6. The highest BCUT2D eigenvalue weighted by atomic mass is 31.2. The lowest BCUT2D eigenvalue weighted by Gasteiger charge is -2.27. The van der Waals surface area contributed by atoms with Crippen molar-refractivity contribution in [1.29, 1.82) is 0 Å². The van der Waals surface area contributed by atoms with Crippen molar-refractivity contribution < 1.29 is 14.7 Å². The van der Waals surface area contributed by atoms with Gasteiger partial charge in [-0.15, -0.1) is 0 Å². The van der Waals surface area contributed by atoms with Gasteiger partial charge in [0.25, 0.3) is 0 Å². The van der Waals surface area contributed by atoms with Crippen LogP contribution in [0.25, 0.3) is 0 Å². The number of aromatic carboxylic acids is 1. The summed E-state index contributed by atoms with van der Waals surface area (Å²) < 4.78 is 0. The van der Waals surface area contributed by atoms with Crippen molar-refractivity contribution in [3.05, 3.63) is 163 Å². The Morgan fingerprint density at radius 2 is 0.757 bits per heavy atom. The summed E-state index contributed by atoms with van der Waals surface area (Å²) in [7, 11) is -2.12. The molecule has 0 aliphatic heterocycles. The van der Waals surface area contributed by atoms with Gasteiger partial charge >= 0.3 is 0 Å². The number of ketones is 1. The van der Waals surface area contributed by atoms with Gasteiger partial charge in [0.15, 0.2) is 0 Å². The van der Waals surface area contributed by atoms with Crippen molar-refractivity contribution in [2.45, 2.75) is 0 Å². The Bertz CT molecular complexity index is 1310. The van der Waals surface area contributed by atoms with Crippen LogP contribution >= 0.6 is 7.26 Å². The van der Waals surface area contributed by atoms with Crippen LogP contribution in [0.15, 0.2) is 152 Å². The van der Waals surface area contributed by atoms with E-state index in [-0.39, 0.29) is 11.3 Å². The lowest BCUT2D eigenvalue weighted by Crippen LogP contribution is -2.35. The van der Waals surface area contributed by atoms with E-state index in [9.17, 15) is 14.7 Å². The summed E-state index contributed by atoms with van der Waals surface area (Å²) >= 11 is 0. The van der Waals surface area contributed by atoms with Crippen molar-refractivity contribution in [3.63, 3.8) is 0 Å². The number of carboxylic acids is 1. The summed E-state index contributed by atoms with van der Waals surface area (Å²) in [6.07, 6.45) is 0.481. The van der Waals surface area contributed by atoms with Gasteiger partial charge < -0.3 is 9.90 Å². The number of hydrogen-bond donors (Lipinski definition) is 0. The van der Waals surface area contributed by atoms with Crippen LogP contribution in [0, 0.1) is 0 Å². The first-order valence-corrected chi connectivity index (χ1v) is 14.0. The molecular weight excluding hydrogens is 475 g/mol. The van der Waals surface area contributed by atoms with Crippen LogP contribution in [0.1, 0.15) is 20.7 Å². The average molecular weight is 503 g/mol. The van der Waals surface area contributed by atoms with Crippen LogP contribution in [-0.4, -0.2) is 17.9 Å². The van der Waals surface area contributed by atoms with Crippen LogP contribution in [0.2, 0.25) is 0 Å². The zero-order valence-corrected chi connectivity index (χ0v) is 21.2. The maximum absolute atomic E-state index is 13.4. The maximum Gasteiger partial charge on any atom is 0.201 e. The Hall–Kier alpha value is -4.33. The molecule has 0 spiro atoms. The van der Waals surface area contributed by atoms with E-state index >= 15 is 0 Å². The summed E-state index contributed by atoms with van der Waals surface area (Å²) in [6, 6.07) is 49.3. The molecule has 0 aliphatic rings. The molecule has 0 heterocycles. The van der Waals surface area contributed by atoms with E-state index < -0.39 is 13.2 Å². The first kappa shape index (κ1) is 25.8. The first-order chi connectivity index (χ1) is 18.1. The summed E-state index contributed by atoms with van der Waals surface area (Å²) in [5.41, 5.74) is 0.993. The fourth-order valence-corrected chi connectivity index (χ4v) is 8.37. The molecule has 3 nitrogen and oxygen atoms in total. The first-order valence-electron chi connectivity index (χ1n) is 12.0. The SMILES string of the molecule is O=C(C[P+](c1ccccc1)(c1ccccc1)c1ccccc1)c1ccccc1.O=C([O-])c1ccccc1. The second-order valence-electron chi connectivity index (χ2n) is 8.42. The summed E-state index contributed by atoms with van der Waals surface area (Å²) in [5, 5.41) is 13.8. The molecule has 182 valence electrons. The zero-order chi connectivity index (χ0) is 25.9. The molecule has 37 heavy (non-hydrogen) atoms. The van der Waals surface area contributed by atoms with E-state index in [2.05, 4.69) is 72.8 Å². The fourth-order valence-electron chi connectivity index (χ4n) is 4.27. The van der Waals surface area contributed by atoms with Crippen LogP contribution in [0.5, 0.6) is 0 Å². The largest absolute Gasteiger partial charge is 0.545 e. The molecule has 0 amide bonds. The highest BCUT2D eigenvalue weighted by molar-refractivity contribution is 7.96. The van der Waals surface area contributed by atoms with Crippen molar-refractivity contribution in [3.8, 4) is 0 Å². The molecular formula is C33H27O3P. The van der Waals surface area contributed by atoms with Gasteiger partial charge in [0, 0.05) is 5.56 Å². The van der Waals surface area contributed by atoms with E-state index in [0.717, 1.165) is 5.56 Å². The smallest absolute Gasteiger partial charge is 0.201 e. The molecule has 0 saturated heterocycles. The Kier molecular flexibility index (Phi) is 8.75. The number of carbonyl (C=O) groups is 2. The van der Waals surface area contributed by atoms with E-state index in [1.807, 2.05) is 48.5 Å². The number of Topliss-reactive ketones (excluding diaryl/α,β-unsaturated/α-hetero) is 1. The summed E-state index contributed by atoms with van der Waals surface area (Å²) in [4.78, 5) is 23.5. The molecule has 0 saturated carbocycles. The lowest BCUT2D eigenvalue weighted by atomic mass is 10.2. The Labute approximate surface area is 218 Å². The molecule has 5 aromatic rings. The Morgan fingerprint density at radius 1 is 0.459 bits per heavy atom. The minimum Gasteiger partial charge on any atom is -0.545 e. The lowest BCUT2D eigenvalue weighted by molar-refractivity contribution is -0.255. The molecule has 5 aromatic carbocycles. The molecule has 0 aromatic heterocycles. The van der Waals surface area contributed by atoms with Gasteiger partial charge in [0.1, 0.15) is 29.3 Å². The van der Waals surface area contributed by atoms with Gasteiger partial charge in [0.2, 0.25) is 5.78 Å². The summed E-state index contributed by atoms with van der Waals surface area (Å²) in [6.45, 7) is 0. The summed E-state index contributed by atoms with van der Waals surface area (Å²) in [5.74, 6) is -0.943. The van der Waals surface area contributed by atoms with Crippen molar-refractivity contribution in [1.82, 2.24) is 0 Å². The monoisotopic (exact) mass is 502 g/mol. The molecule has 0 radical (unpaired) electrons. The van der Waals surface area contributed by atoms with Gasteiger partial charge in [0.05, 0.1) is 5.97 Å². The Balaban J connectivity index is 0.000000301. The van der Waals surface area contributed by atoms with Crippen LogP contribution in [0.4, 0.5) is 0 Å². The van der Waals surface area contributed by atoms with Crippen molar-refractivity contribution in [2.24, 2.45) is 0 Å². The predicted molar refractivity (Wildman–Crippen MR) is 152 cm³/mol. The third kappa shape index (κ3) is 6.27. The highest BCUT2D eigenvalue weighted by Gasteiger charge is 2.47. The number of rotatable bonds is 7. The molecule has 0 aliphatic carbocycles. The third-order valence-electron chi connectivity index (χ3n) is 6.08. The van der Waals surface area contributed by atoms with Gasteiger partial charge in [-0.05, 0) is 42.0 Å².